The van der Waals surface area contributed by atoms with Crippen LogP contribution in [0.5, 0.6) is 0 Å². The number of hydrogen-bond acceptors (Lipinski definition) is 3. The molecule has 2 aromatic rings. The van der Waals surface area contributed by atoms with E-state index < -0.39 is 6.17 Å². The molecule has 5 heteroatoms. The second-order valence-corrected chi connectivity index (χ2v) is 4.61. The first-order chi connectivity index (χ1) is 8.74. The van der Waals surface area contributed by atoms with E-state index in [2.05, 4.69) is 15.6 Å². The monoisotopic (exact) mass is 246 g/mol. The summed E-state index contributed by atoms with van der Waals surface area (Å²) < 4.78 is 16.0. The minimum atomic E-state index is -1.04. The van der Waals surface area contributed by atoms with Crippen molar-refractivity contribution < 1.29 is 4.39 Å². The Bertz CT molecular complexity index is 564. The molecule has 1 N–H and O–H groups in total. The van der Waals surface area contributed by atoms with Gasteiger partial charge in [-0.05, 0) is 12.0 Å². The van der Waals surface area contributed by atoms with Gasteiger partial charge < -0.3 is 5.32 Å². The van der Waals surface area contributed by atoms with Crippen LogP contribution in [0.1, 0.15) is 23.0 Å². The summed E-state index contributed by atoms with van der Waals surface area (Å²) >= 11 is 0. The van der Waals surface area contributed by atoms with Crippen molar-refractivity contribution in [2.45, 2.75) is 19.0 Å². The van der Waals surface area contributed by atoms with Gasteiger partial charge >= 0.3 is 0 Å². The van der Waals surface area contributed by atoms with Crippen molar-refractivity contribution in [2.75, 3.05) is 11.9 Å². The molecule has 1 aliphatic rings. The molecule has 0 radical (unpaired) electrons. The number of rotatable bonds is 3. The molecule has 0 amide bonds. The fourth-order valence-electron chi connectivity index (χ4n) is 2.41. The molecule has 18 heavy (non-hydrogen) atoms. The Labute approximate surface area is 105 Å². The number of benzene rings is 1. The second kappa shape index (κ2) is 4.40. The van der Waals surface area contributed by atoms with E-state index in [-0.39, 0.29) is 6.42 Å². The van der Waals surface area contributed by atoms with E-state index in [1.165, 1.54) is 5.56 Å². The van der Waals surface area contributed by atoms with Crippen molar-refractivity contribution in [3.05, 3.63) is 41.2 Å². The average Bonchev–Trinajstić information content (AvgIpc) is 2.97. The Morgan fingerprint density at radius 2 is 2.39 bits per heavy atom. The quantitative estimate of drug-likeness (QED) is 0.901. The smallest absolute Gasteiger partial charge is 0.133 e. The molecule has 0 spiro atoms. The number of halogens is 1. The normalized spacial score (nSPS) is 15.2. The van der Waals surface area contributed by atoms with Gasteiger partial charge in [0.25, 0.3) is 0 Å². The lowest BCUT2D eigenvalue weighted by atomic mass is 10.0. The van der Waals surface area contributed by atoms with E-state index in [4.69, 9.17) is 0 Å². The van der Waals surface area contributed by atoms with Gasteiger partial charge in [-0.2, -0.15) is 0 Å². The Morgan fingerprint density at radius 1 is 1.50 bits per heavy atom. The predicted octanol–water partition coefficient (Wildman–Crippen LogP) is 2.04. The number of alkyl halides is 1. The van der Waals surface area contributed by atoms with Crippen LogP contribution >= 0.6 is 0 Å². The highest BCUT2D eigenvalue weighted by atomic mass is 19.1. The van der Waals surface area contributed by atoms with Gasteiger partial charge in [0.05, 0.1) is 5.69 Å². The van der Waals surface area contributed by atoms with Crippen molar-refractivity contribution in [3.63, 3.8) is 0 Å². The molecule has 0 bridgehead atoms. The first kappa shape index (κ1) is 11.2. The molecule has 1 aromatic carbocycles. The Kier molecular flexibility index (Phi) is 2.74. The van der Waals surface area contributed by atoms with Crippen LogP contribution in [0.2, 0.25) is 0 Å². The summed E-state index contributed by atoms with van der Waals surface area (Å²) in [5.74, 6) is 0. The van der Waals surface area contributed by atoms with Gasteiger partial charge in [-0.15, -0.1) is 5.10 Å². The second-order valence-electron chi connectivity index (χ2n) is 4.61. The minimum Gasteiger partial charge on any atom is -0.384 e. The van der Waals surface area contributed by atoms with E-state index in [1.807, 2.05) is 18.2 Å². The van der Waals surface area contributed by atoms with E-state index in [1.54, 1.807) is 17.9 Å². The average molecular weight is 246 g/mol. The number of nitrogens with one attached hydrogen (secondary N) is 1. The molecule has 0 saturated carbocycles. The zero-order chi connectivity index (χ0) is 12.5. The Balaban J connectivity index is 1.84. The van der Waals surface area contributed by atoms with E-state index in [0.29, 0.717) is 5.69 Å². The Hall–Kier alpha value is -1.91. The standard InChI is InChI=1S/C13H15FN4/c1-18-8-10(16-17-18)7-12(14)11-4-2-3-9-5-6-15-13(9)11/h2-4,8,12,15H,5-7H2,1H3. The van der Waals surface area contributed by atoms with Crippen molar-refractivity contribution in [1.29, 1.82) is 0 Å². The van der Waals surface area contributed by atoms with Crippen LogP contribution in [0.25, 0.3) is 0 Å². The van der Waals surface area contributed by atoms with Crippen molar-refractivity contribution in [3.8, 4) is 0 Å². The van der Waals surface area contributed by atoms with Crippen LogP contribution in [0.3, 0.4) is 0 Å². The highest BCUT2D eigenvalue weighted by Crippen LogP contribution is 2.33. The largest absolute Gasteiger partial charge is 0.384 e. The number of hydrogen-bond donors (Lipinski definition) is 1. The highest BCUT2D eigenvalue weighted by molar-refractivity contribution is 5.62. The number of fused-ring (bicyclic) bond motifs is 1. The fraction of sp³-hybridized carbons (Fsp3) is 0.385. The van der Waals surface area contributed by atoms with Crippen LogP contribution in [0.4, 0.5) is 10.1 Å². The SMILES string of the molecule is Cn1cc(CC(F)c2cccc3c2NCC3)nn1. The van der Waals surface area contributed by atoms with Gasteiger partial charge in [0.2, 0.25) is 0 Å². The Morgan fingerprint density at radius 3 is 3.17 bits per heavy atom. The fourth-order valence-corrected chi connectivity index (χ4v) is 2.41. The molecular weight excluding hydrogens is 231 g/mol. The summed E-state index contributed by atoms with van der Waals surface area (Å²) in [6, 6.07) is 5.82. The van der Waals surface area contributed by atoms with Crippen LogP contribution in [0.15, 0.2) is 24.4 Å². The lowest BCUT2D eigenvalue weighted by Gasteiger charge is -2.12. The van der Waals surface area contributed by atoms with Crippen molar-refractivity contribution in [2.24, 2.45) is 7.05 Å². The molecule has 0 aliphatic carbocycles. The zero-order valence-corrected chi connectivity index (χ0v) is 10.2. The van der Waals surface area contributed by atoms with Gasteiger partial charge in [-0.3, -0.25) is 4.68 Å². The van der Waals surface area contributed by atoms with E-state index in [0.717, 1.165) is 24.2 Å². The topological polar surface area (TPSA) is 42.7 Å². The number of aromatic nitrogens is 3. The first-order valence-corrected chi connectivity index (χ1v) is 6.09. The number of para-hydroxylation sites is 1. The molecule has 4 nitrogen and oxygen atoms in total. The summed E-state index contributed by atoms with van der Waals surface area (Å²) in [5.41, 5.74) is 3.58. The zero-order valence-electron chi connectivity index (χ0n) is 10.2. The minimum absolute atomic E-state index is 0.270. The number of nitrogens with zero attached hydrogens (tertiary/aromatic N) is 3. The number of anilines is 1. The number of aryl methyl sites for hydroxylation is 1. The third-order valence-corrected chi connectivity index (χ3v) is 3.26. The van der Waals surface area contributed by atoms with Crippen LogP contribution in [0, 0.1) is 0 Å². The molecule has 0 fully saturated rings. The summed E-state index contributed by atoms with van der Waals surface area (Å²) in [6.07, 6.45) is 1.96. The van der Waals surface area contributed by atoms with Crippen LogP contribution in [-0.4, -0.2) is 21.5 Å². The maximum absolute atomic E-state index is 14.4. The van der Waals surface area contributed by atoms with Crippen molar-refractivity contribution in [1.82, 2.24) is 15.0 Å². The van der Waals surface area contributed by atoms with Gasteiger partial charge in [0.15, 0.2) is 0 Å². The summed E-state index contributed by atoms with van der Waals surface area (Å²) in [6.45, 7) is 0.893. The molecular formula is C13H15FN4. The molecule has 1 unspecified atom stereocenters. The molecule has 2 heterocycles. The maximum atomic E-state index is 14.4. The third-order valence-electron chi connectivity index (χ3n) is 3.26. The molecule has 3 rings (SSSR count). The van der Waals surface area contributed by atoms with Gasteiger partial charge in [-0.1, -0.05) is 23.4 Å². The first-order valence-electron chi connectivity index (χ1n) is 6.09. The summed E-state index contributed by atoms with van der Waals surface area (Å²) in [7, 11) is 1.78. The highest BCUT2D eigenvalue weighted by Gasteiger charge is 2.21. The summed E-state index contributed by atoms with van der Waals surface area (Å²) in [5, 5.41) is 11.0. The van der Waals surface area contributed by atoms with Gasteiger partial charge in [-0.25, -0.2) is 4.39 Å². The lowest BCUT2D eigenvalue weighted by Crippen LogP contribution is -2.02. The van der Waals surface area contributed by atoms with E-state index >= 15 is 0 Å². The molecule has 1 aliphatic heterocycles. The molecule has 1 atom stereocenters. The molecule has 1 aromatic heterocycles. The third kappa shape index (κ3) is 1.96. The maximum Gasteiger partial charge on any atom is 0.133 e. The molecule has 0 saturated heterocycles. The van der Waals surface area contributed by atoms with Crippen LogP contribution in [-0.2, 0) is 19.9 Å². The lowest BCUT2D eigenvalue weighted by molar-refractivity contribution is 0.340. The van der Waals surface area contributed by atoms with E-state index in [9.17, 15) is 4.39 Å². The molecule has 94 valence electrons. The van der Waals surface area contributed by atoms with Crippen molar-refractivity contribution >= 4 is 5.69 Å². The van der Waals surface area contributed by atoms with Gasteiger partial charge in [0.1, 0.15) is 6.17 Å². The summed E-state index contributed by atoms with van der Waals surface area (Å²) in [4.78, 5) is 0. The van der Waals surface area contributed by atoms with Crippen LogP contribution < -0.4 is 5.32 Å². The van der Waals surface area contributed by atoms with Gasteiger partial charge in [0, 0.05) is 37.5 Å². The predicted molar refractivity (Wildman–Crippen MR) is 67.2 cm³/mol.